The maximum atomic E-state index is 12.6. The fourth-order valence-corrected chi connectivity index (χ4v) is 6.36. The molecule has 188 valence electrons. The number of ether oxygens (including phenoxy) is 1. The van der Waals surface area contributed by atoms with Crippen LogP contribution >= 0.6 is 0 Å². The second-order valence-electron chi connectivity index (χ2n) is 11.3. The number of carbonyl (C=O) groups is 2. The van der Waals surface area contributed by atoms with Crippen molar-refractivity contribution in [2.45, 2.75) is 139 Å². The number of amides is 2. The summed E-state index contributed by atoms with van der Waals surface area (Å²) in [5.74, 6) is 0.792. The highest BCUT2D eigenvalue weighted by Gasteiger charge is 2.32. The molecule has 4 aliphatic carbocycles. The van der Waals surface area contributed by atoms with E-state index in [-0.39, 0.29) is 35.7 Å². The van der Waals surface area contributed by atoms with E-state index in [0.29, 0.717) is 24.3 Å². The Morgan fingerprint density at radius 1 is 0.515 bits per heavy atom. The Balaban J connectivity index is 1.09. The van der Waals surface area contributed by atoms with E-state index in [9.17, 15) is 9.59 Å². The summed E-state index contributed by atoms with van der Waals surface area (Å²) >= 11 is 0. The molecule has 4 saturated carbocycles. The minimum atomic E-state index is 0.158. The topological polar surface area (TPSA) is 119 Å². The molecule has 7 nitrogen and oxygen atoms in total. The first-order valence-corrected chi connectivity index (χ1v) is 13.7. The predicted molar refractivity (Wildman–Crippen MR) is 129 cm³/mol. The zero-order chi connectivity index (χ0) is 23.2. The molecule has 0 aromatic carbocycles. The van der Waals surface area contributed by atoms with E-state index in [4.69, 9.17) is 16.2 Å². The van der Waals surface area contributed by atoms with E-state index in [0.717, 1.165) is 103 Å². The quantitative estimate of drug-likeness (QED) is 0.484. The van der Waals surface area contributed by atoms with Gasteiger partial charge in [-0.1, -0.05) is 0 Å². The van der Waals surface area contributed by atoms with Gasteiger partial charge in [0.05, 0.1) is 12.2 Å². The van der Waals surface area contributed by atoms with E-state index in [2.05, 4.69) is 10.6 Å². The summed E-state index contributed by atoms with van der Waals surface area (Å²) in [5, 5.41) is 6.60. The minimum absolute atomic E-state index is 0.158. The van der Waals surface area contributed by atoms with Gasteiger partial charge in [-0.05, 0) is 103 Å². The van der Waals surface area contributed by atoms with E-state index in [1.165, 1.54) is 0 Å². The fourth-order valence-electron chi connectivity index (χ4n) is 6.36. The molecular formula is C26H46N4O3. The normalized spacial score (nSPS) is 40.1. The van der Waals surface area contributed by atoms with E-state index >= 15 is 0 Å². The van der Waals surface area contributed by atoms with Gasteiger partial charge in [0.15, 0.2) is 0 Å². The molecule has 2 amide bonds. The summed E-state index contributed by atoms with van der Waals surface area (Å²) in [6.45, 7) is 0. The first kappa shape index (κ1) is 24.9. The lowest BCUT2D eigenvalue weighted by Gasteiger charge is -2.36. The molecule has 0 aliphatic heterocycles. The molecule has 0 atom stereocenters. The molecular weight excluding hydrogens is 416 g/mol. The van der Waals surface area contributed by atoms with Crippen LogP contribution in [0.3, 0.4) is 0 Å². The van der Waals surface area contributed by atoms with E-state index in [1.54, 1.807) is 0 Å². The molecule has 33 heavy (non-hydrogen) atoms. The summed E-state index contributed by atoms with van der Waals surface area (Å²) in [7, 11) is 0. The van der Waals surface area contributed by atoms with E-state index < -0.39 is 0 Å². The molecule has 4 aliphatic rings. The van der Waals surface area contributed by atoms with Gasteiger partial charge in [0.25, 0.3) is 0 Å². The van der Waals surface area contributed by atoms with E-state index in [1.807, 2.05) is 0 Å². The third-order valence-corrected chi connectivity index (χ3v) is 8.71. The lowest BCUT2D eigenvalue weighted by molar-refractivity contribution is -0.127. The number of hydrogen-bond donors (Lipinski definition) is 4. The van der Waals surface area contributed by atoms with Gasteiger partial charge in [0, 0.05) is 36.0 Å². The Hall–Kier alpha value is -1.18. The molecule has 0 heterocycles. The highest BCUT2D eigenvalue weighted by Crippen LogP contribution is 2.30. The number of nitrogens with two attached hydrogens (primary N) is 2. The van der Waals surface area contributed by atoms with Crippen LogP contribution in [-0.2, 0) is 14.3 Å². The average Bonchev–Trinajstić information content (AvgIpc) is 2.82. The van der Waals surface area contributed by atoms with Crippen molar-refractivity contribution in [3.8, 4) is 0 Å². The van der Waals surface area contributed by atoms with Gasteiger partial charge in [-0.25, -0.2) is 0 Å². The Labute approximate surface area is 199 Å². The molecule has 4 rings (SSSR count). The second-order valence-corrected chi connectivity index (χ2v) is 11.3. The van der Waals surface area contributed by atoms with Crippen molar-refractivity contribution in [2.24, 2.45) is 23.3 Å². The molecule has 0 aromatic rings. The summed E-state index contributed by atoms with van der Waals surface area (Å²) in [6.07, 6.45) is 16.4. The highest BCUT2D eigenvalue weighted by atomic mass is 16.5. The second kappa shape index (κ2) is 12.0. The van der Waals surface area contributed by atoms with Crippen molar-refractivity contribution in [3.05, 3.63) is 0 Å². The van der Waals surface area contributed by atoms with Crippen molar-refractivity contribution in [2.75, 3.05) is 0 Å². The van der Waals surface area contributed by atoms with Gasteiger partial charge in [-0.3, -0.25) is 9.59 Å². The highest BCUT2D eigenvalue weighted by molar-refractivity contribution is 5.79. The molecule has 0 aromatic heterocycles. The molecule has 0 spiro atoms. The number of carbonyl (C=O) groups excluding carboxylic acids is 2. The minimum Gasteiger partial charge on any atom is -0.375 e. The monoisotopic (exact) mass is 462 g/mol. The lowest BCUT2D eigenvalue weighted by Crippen LogP contribution is -2.45. The summed E-state index contributed by atoms with van der Waals surface area (Å²) in [4.78, 5) is 25.2. The van der Waals surface area contributed by atoms with Crippen molar-refractivity contribution >= 4 is 11.8 Å². The Kier molecular flexibility index (Phi) is 9.05. The Bertz CT molecular complexity index is 573. The van der Waals surface area contributed by atoms with Crippen LogP contribution < -0.4 is 22.1 Å². The predicted octanol–water partition coefficient (Wildman–Crippen LogP) is 2.89. The van der Waals surface area contributed by atoms with Crippen LogP contribution in [-0.4, -0.2) is 48.2 Å². The zero-order valence-corrected chi connectivity index (χ0v) is 20.3. The van der Waals surface area contributed by atoms with Crippen molar-refractivity contribution < 1.29 is 14.3 Å². The van der Waals surface area contributed by atoms with Crippen LogP contribution in [0.2, 0.25) is 0 Å². The smallest absolute Gasteiger partial charge is 0.223 e. The number of nitrogens with one attached hydrogen (secondary N) is 2. The number of rotatable bonds is 6. The summed E-state index contributed by atoms with van der Waals surface area (Å²) in [5.41, 5.74) is 11.9. The Morgan fingerprint density at radius 3 is 1.18 bits per heavy atom. The van der Waals surface area contributed by atoms with Crippen molar-refractivity contribution in [1.82, 2.24) is 10.6 Å². The molecule has 0 saturated heterocycles. The first-order chi connectivity index (χ1) is 16.0. The van der Waals surface area contributed by atoms with Crippen LogP contribution in [0, 0.1) is 11.8 Å². The first-order valence-electron chi connectivity index (χ1n) is 13.7. The molecule has 6 N–H and O–H groups in total. The van der Waals surface area contributed by atoms with Gasteiger partial charge in [0.2, 0.25) is 11.8 Å². The Morgan fingerprint density at radius 2 is 0.848 bits per heavy atom. The molecule has 0 unspecified atom stereocenters. The fraction of sp³-hybridized carbons (Fsp3) is 0.923. The maximum absolute atomic E-state index is 12.6. The van der Waals surface area contributed by atoms with Crippen LogP contribution in [0.25, 0.3) is 0 Å². The van der Waals surface area contributed by atoms with Crippen LogP contribution in [0.4, 0.5) is 0 Å². The summed E-state index contributed by atoms with van der Waals surface area (Å²) < 4.78 is 6.44. The van der Waals surface area contributed by atoms with Crippen LogP contribution in [0.15, 0.2) is 0 Å². The van der Waals surface area contributed by atoms with Crippen molar-refractivity contribution in [3.63, 3.8) is 0 Å². The largest absolute Gasteiger partial charge is 0.375 e. The summed E-state index contributed by atoms with van der Waals surface area (Å²) in [6, 6.07) is 1.16. The molecule has 4 fully saturated rings. The molecule has 0 bridgehead atoms. The van der Waals surface area contributed by atoms with Crippen molar-refractivity contribution in [1.29, 1.82) is 0 Å². The standard InChI is InChI=1S/C26H46N4O3/c27-19-5-1-17(2-6-19)25(31)29-21-9-13-23(14-10-21)33-24-15-11-22(12-16-24)30-26(32)18-3-7-20(28)8-4-18/h17-24H,1-16,27-28H2,(H,29,31)(H,30,32). The third-order valence-electron chi connectivity index (χ3n) is 8.71. The molecule has 0 radical (unpaired) electrons. The molecule has 7 heteroatoms. The van der Waals surface area contributed by atoms with Gasteiger partial charge in [-0.15, -0.1) is 0 Å². The average molecular weight is 463 g/mol. The van der Waals surface area contributed by atoms with Crippen LogP contribution in [0.1, 0.15) is 103 Å². The van der Waals surface area contributed by atoms with Gasteiger partial charge in [0.1, 0.15) is 0 Å². The zero-order valence-electron chi connectivity index (χ0n) is 20.3. The van der Waals surface area contributed by atoms with Gasteiger partial charge in [-0.2, -0.15) is 0 Å². The lowest BCUT2D eigenvalue weighted by atomic mass is 9.85. The maximum Gasteiger partial charge on any atom is 0.223 e. The van der Waals surface area contributed by atoms with Gasteiger partial charge >= 0.3 is 0 Å². The van der Waals surface area contributed by atoms with Gasteiger partial charge < -0.3 is 26.8 Å². The van der Waals surface area contributed by atoms with Crippen LogP contribution in [0.5, 0.6) is 0 Å². The SMILES string of the molecule is NC1CCC(C(=O)NC2CCC(OC3CCC(NC(=O)C4CCC(N)CC4)CC3)CC2)CC1. The third kappa shape index (κ3) is 7.40. The number of hydrogen-bond acceptors (Lipinski definition) is 5.